The Bertz CT molecular complexity index is 728. The molecule has 3 heteroatoms. The van der Waals surface area contributed by atoms with E-state index < -0.39 is 0 Å². The summed E-state index contributed by atoms with van der Waals surface area (Å²) in [6, 6.07) is 17.9. The third kappa shape index (κ3) is 2.45. The maximum atomic E-state index is 12.6. The Morgan fingerprint density at radius 2 is 1.85 bits per heavy atom. The molecule has 0 radical (unpaired) electrons. The number of carbonyl (C=O) groups excluding carboxylic acids is 1. The van der Waals surface area contributed by atoms with Crippen LogP contribution in [0.1, 0.15) is 15.2 Å². The van der Waals surface area contributed by atoms with Crippen molar-refractivity contribution >= 4 is 28.0 Å². The predicted molar refractivity (Wildman–Crippen MR) is 84.1 cm³/mol. The van der Waals surface area contributed by atoms with Gasteiger partial charge < -0.3 is 4.90 Å². The third-order valence-corrected chi connectivity index (χ3v) is 4.20. The molecule has 0 unspecified atom stereocenters. The Balaban J connectivity index is 1.92. The molecular formula is C17H15NOS. The molecule has 1 aromatic heterocycles. The molecule has 1 heterocycles. The zero-order valence-corrected chi connectivity index (χ0v) is 12.1. The average Bonchev–Trinajstić information content (AvgIpc) is 2.99. The smallest absolute Gasteiger partial charge is 0.254 e. The minimum atomic E-state index is 0.0650. The number of carbonyl (C=O) groups is 1. The van der Waals surface area contributed by atoms with Gasteiger partial charge in [-0.15, -0.1) is 11.3 Å². The second-order valence-corrected chi connectivity index (χ2v) is 5.80. The summed E-state index contributed by atoms with van der Waals surface area (Å²) in [7, 11) is 1.85. The van der Waals surface area contributed by atoms with Crippen LogP contribution >= 0.6 is 11.3 Å². The second kappa shape index (κ2) is 5.47. The zero-order valence-electron chi connectivity index (χ0n) is 11.2. The molecule has 0 saturated heterocycles. The lowest BCUT2D eigenvalue weighted by atomic mass is 10.0. The standard InChI is InChI=1S/C17H15NOS/c1-18(12-14-8-5-11-20-14)17(19)16-10-4-7-13-6-2-3-9-15(13)16/h2-11H,12H2,1H3. The number of benzene rings is 2. The van der Waals surface area contributed by atoms with E-state index in [1.54, 1.807) is 16.2 Å². The highest BCUT2D eigenvalue weighted by Gasteiger charge is 2.14. The highest BCUT2D eigenvalue weighted by atomic mass is 32.1. The van der Waals surface area contributed by atoms with Gasteiger partial charge in [0.25, 0.3) is 5.91 Å². The van der Waals surface area contributed by atoms with E-state index in [2.05, 4.69) is 6.07 Å². The van der Waals surface area contributed by atoms with Gasteiger partial charge in [0.05, 0.1) is 6.54 Å². The van der Waals surface area contributed by atoms with Gasteiger partial charge in [0.2, 0.25) is 0 Å². The number of thiophene rings is 1. The van der Waals surface area contributed by atoms with Crippen LogP contribution in [-0.4, -0.2) is 17.9 Å². The Labute approximate surface area is 122 Å². The summed E-state index contributed by atoms with van der Waals surface area (Å²) >= 11 is 1.67. The van der Waals surface area contributed by atoms with Gasteiger partial charge in [-0.25, -0.2) is 0 Å². The summed E-state index contributed by atoms with van der Waals surface area (Å²) in [4.78, 5) is 15.6. The number of nitrogens with zero attached hydrogens (tertiary/aromatic N) is 1. The lowest BCUT2D eigenvalue weighted by Gasteiger charge is -2.17. The Hall–Kier alpha value is -2.13. The maximum absolute atomic E-state index is 12.6. The summed E-state index contributed by atoms with van der Waals surface area (Å²) in [5.74, 6) is 0.0650. The second-order valence-electron chi connectivity index (χ2n) is 4.77. The first-order valence-electron chi connectivity index (χ1n) is 6.51. The minimum absolute atomic E-state index is 0.0650. The van der Waals surface area contributed by atoms with Crippen molar-refractivity contribution in [2.24, 2.45) is 0 Å². The summed E-state index contributed by atoms with van der Waals surface area (Å²) in [6.07, 6.45) is 0. The molecule has 3 aromatic rings. The van der Waals surface area contributed by atoms with E-state index in [1.165, 1.54) is 4.88 Å². The van der Waals surface area contributed by atoms with Gasteiger partial charge in [-0.1, -0.05) is 42.5 Å². The highest BCUT2D eigenvalue weighted by molar-refractivity contribution is 7.09. The Kier molecular flexibility index (Phi) is 3.52. The van der Waals surface area contributed by atoms with Crippen molar-refractivity contribution in [1.82, 2.24) is 4.90 Å². The molecule has 0 aliphatic carbocycles. The Morgan fingerprint density at radius 3 is 2.65 bits per heavy atom. The normalized spacial score (nSPS) is 10.7. The van der Waals surface area contributed by atoms with Crippen LogP contribution < -0.4 is 0 Å². The van der Waals surface area contributed by atoms with Gasteiger partial charge in [-0.3, -0.25) is 4.79 Å². The number of amides is 1. The molecule has 0 bridgehead atoms. The molecule has 20 heavy (non-hydrogen) atoms. The third-order valence-electron chi connectivity index (χ3n) is 3.34. The van der Waals surface area contributed by atoms with Crippen LogP contribution in [0, 0.1) is 0 Å². The molecule has 100 valence electrons. The first-order chi connectivity index (χ1) is 9.75. The van der Waals surface area contributed by atoms with Crippen molar-refractivity contribution in [2.45, 2.75) is 6.54 Å². The quantitative estimate of drug-likeness (QED) is 0.705. The van der Waals surface area contributed by atoms with Crippen LogP contribution in [0.4, 0.5) is 0 Å². The van der Waals surface area contributed by atoms with Crippen molar-refractivity contribution in [3.63, 3.8) is 0 Å². The SMILES string of the molecule is CN(Cc1cccs1)C(=O)c1cccc2ccccc12. The summed E-state index contributed by atoms with van der Waals surface area (Å²) in [5.41, 5.74) is 0.766. The van der Waals surface area contributed by atoms with E-state index in [9.17, 15) is 4.79 Å². The fraction of sp³-hybridized carbons (Fsp3) is 0.118. The van der Waals surface area contributed by atoms with Gasteiger partial charge in [-0.05, 0) is 28.3 Å². The first-order valence-corrected chi connectivity index (χ1v) is 7.39. The molecule has 2 aromatic carbocycles. The van der Waals surface area contributed by atoms with Crippen molar-refractivity contribution in [3.8, 4) is 0 Å². The van der Waals surface area contributed by atoms with Gasteiger partial charge >= 0.3 is 0 Å². The zero-order chi connectivity index (χ0) is 13.9. The van der Waals surface area contributed by atoms with Crippen LogP contribution in [0.5, 0.6) is 0 Å². The molecular weight excluding hydrogens is 266 g/mol. The fourth-order valence-electron chi connectivity index (χ4n) is 2.33. The Morgan fingerprint density at radius 1 is 1.05 bits per heavy atom. The van der Waals surface area contributed by atoms with Crippen molar-refractivity contribution in [2.75, 3.05) is 7.05 Å². The molecule has 3 rings (SSSR count). The van der Waals surface area contributed by atoms with Crippen molar-refractivity contribution in [3.05, 3.63) is 70.4 Å². The minimum Gasteiger partial charge on any atom is -0.337 e. The fourth-order valence-corrected chi connectivity index (χ4v) is 3.08. The summed E-state index contributed by atoms with van der Waals surface area (Å²) in [5, 5.41) is 4.15. The molecule has 0 aliphatic heterocycles. The molecule has 0 spiro atoms. The van der Waals surface area contributed by atoms with Crippen molar-refractivity contribution in [1.29, 1.82) is 0 Å². The van der Waals surface area contributed by atoms with Gasteiger partial charge in [0.15, 0.2) is 0 Å². The van der Waals surface area contributed by atoms with Crippen LogP contribution in [0.2, 0.25) is 0 Å². The predicted octanol–water partition coefficient (Wildman–Crippen LogP) is 4.17. The van der Waals surface area contributed by atoms with E-state index in [4.69, 9.17) is 0 Å². The number of fused-ring (bicyclic) bond motifs is 1. The molecule has 1 amide bonds. The lowest BCUT2D eigenvalue weighted by Crippen LogP contribution is -2.25. The first kappa shape index (κ1) is 12.9. The lowest BCUT2D eigenvalue weighted by molar-refractivity contribution is 0.0788. The van der Waals surface area contributed by atoms with Gasteiger partial charge in [0, 0.05) is 17.5 Å². The van der Waals surface area contributed by atoms with Crippen LogP contribution in [-0.2, 0) is 6.54 Å². The summed E-state index contributed by atoms with van der Waals surface area (Å²) < 4.78 is 0. The van der Waals surface area contributed by atoms with Crippen LogP contribution in [0.15, 0.2) is 60.0 Å². The van der Waals surface area contributed by atoms with Gasteiger partial charge in [0.1, 0.15) is 0 Å². The van der Waals surface area contributed by atoms with E-state index in [0.717, 1.165) is 16.3 Å². The van der Waals surface area contributed by atoms with Crippen LogP contribution in [0.25, 0.3) is 10.8 Å². The largest absolute Gasteiger partial charge is 0.337 e. The molecule has 0 fully saturated rings. The molecule has 0 atom stereocenters. The topological polar surface area (TPSA) is 20.3 Å². The molecule has 0 aliphatic rings. The monoisotopic (exact) mass is 281 g/mol. The molecule has 2 nitrogen and oxygen atoms in total. The number of hydrogen-bond acceptors (Lipinski definition) is 2. The average molecular weight is 281 g/mol. The van der Waals surface area contributed by atoms with E-state index in [0.29, 0.717) is 6.54 Å². The van der Waals surface area contributed by atoms with Crippen molar-refractivity contribution < 1.29 is 4.79 Å². The summed E-state index contributed by atoms with van der Waals surface area (Å²) in [6.45, 7) is 0.653. The van der Waals surface area contributed by atoms with Gasteiger partial charge in [-0.2, -0.15) is 0 Å². The highest BCUT2D eigenvalue weighted by Crippen LogP contribution is 2.21. The van der Waals surface area contributed by atoms with E-state index in [-0.39, 0.29) is 5.91 Å². The maximum Gasteiger partial charge on any atom is 0.254 e. The molecule has 0 N–H and O–H groups in total. The number of rotatable bonds is 3. The van der Waals surface area contributed by atoms with Crippen LogP contribution in [0.3, 0.4) is 0 Å². The van der Waals surface area contributed by atoms with E-state index >= 15 is 0 Å². The molecule has 0 saturated carbocycles. The number of hydrogen-bond donors (Lipinski definition) is 0. The van der Waals surface area contributed by atoms with E-state index in [1.807, 2.05) is 61.0 Å².